The Bertz CT molecular complexity index is 1050. The highest BCUT2D eigenvalue weighted by Gasteiger charge is 2.07. The molecule has 4 N–H and O–H groups in total. The standard InChI is InChI=1S/C20H18N8O2S2/c29-17(11-31-19-9-21-27-25-19)23-15-5-1-13(2-6-15)14-3-7-16(8-4-14)24-18(30)12-32-20-10-22-28-26-20/h1-10H,11-12H2,(H,23,29)(H,24,30)(H,21,25,27)(H,22,26,28). The molecule has 32 heavy (non-hydrogen) atoms. The number of hydrogen-bond acceptors (Lipinski definition) is 8. The van der Waals surface area contributed by atoms with E-state index in [-0.39, 0.29) is 23.3 Å². The molecule has 0 bridgehead atoms. The molecule has 0 aliphatic carbocycles. The van der Waals surface area contributed by atoms with Crippen LogP contribution in [0.1, 0.15) is 0 Å². The first-order valence-electron chi connectivity index (χ1n) is 9.43. The van der Waals surface area contributed by atoms with Gasteiger partial charge in [0.2, 0.25) is 11.8 Å². The van der Waals surface area contributed by atoms with Crippen LogP contribution in [-0.4, -0.2) is 54.1 Å². The second-order valence-electron chi connectivity index (χ2n) is 6.44. The van der Waals surface area contributed by atoms with E-state index in [9.17, 15) is 9.59 Å². The van der Waals surface area contributed by atoms with Gasteiger partial charge in [0.1, 0.15) is 10.1 Å². The Balaban J connectivity index is 1.27. The maximum atomic E-state index is 12.1. The number of H-pyrrole nitrogens is 2. The summed E-state index contributed by atoms with van der Waals surface area (Å²) in [6, 6.07) is 15.1. The zero-order valence-corrected chi connectivity index (χ0v) is 18.2. The number of carbonyl (C=O) groups is 2. The normalized spacial score (nSPS) is 10.6. The van der Waals surface area contributed by atoms with E-state index in [2.05, 4.69) is 41.5 Å². The molecule has 0 saturated carbocycles. The summed E-state index contributed by atoms with van der Waals surface area (Å²) in [7, 11) is 0. The Hall–Kier alpha value is -3.64. The summed E-state index contributed by atoms with van der Waals surface area (Å²) in [5, 5.41) is 27.3. The van der Waals surface area contributed by atoms with Crippen LogP contribution in [0.25, 0.3) is 11.1 Å². The van der Waals surface area contributed by atoms with Gasteiger partial charge in [0.05, 0.1) is 23.9 Å². The molecule has 0 radical (unpaired) electrons. The molecule has 0 fully saturated rings. The van der Waals surface area contributed by atoms with Gasteiger partial charge in [0, 0.05) is 11.4 Å². The van der Waals surface area contributed by atoms with E-state index in [1.165, 1.54) is 23.5 Å². The largest absolute Gasteiger partial charge is 0.325 e. The van der Waals surface area contributed by atoms with Gasteiger partial charge in [-0.15, -0.1) is 10.2 Å². The van der Waals surface area contributed by atoms with Gasteiger partial charge in [-0.1, -0.05) is 47.8 Å². The van der Waals surface area contributed by atoms with Crippen molar-refractivity contribution in [1.82, 2.24) is 30.8 Å². The van der Waals surface area contributed by atoms with E-state index in [0.717, 1.165) is 11.1 Å². The Morgan fingerprint density at radius 1 is 0.688 bits per heavy atom. The first kappa shape index (κ1) is 21.6. The minimum absolute atomic E-state index is 0.118. The van der Waals surface area contributed by atoms with Crippen molar-refractivity contribution in [3.8, 4) is 11.1 Å². The van der Waals surface area contributed by atoms with Crippen molar-refractivity contribution in [2.24, 2.45) is 0 Å². The van der Waals surface area contributed by atoms with Gasteiger partial charge in [-0.25, -0.2) is 0 Å². The fourth-order valence-electron chi connectivity index (χ4n) is 2.69. The second kappa shape index (κ2) is 10.6. The maximum Gasteiger partial charge on any atom is 0.234 e. The van der Waals surface area contributed by atoms with Gasteiger partial charge in [-0.2, -0.15) is 20.6 Å². The lowest BCUT2D eigenvalue weighted by Crippen LogP contribution is -2.14. The van der Waals surface area contributed by atoms with E-state index < -0.39 is 0 Å². The number of aromatic nitrogens is 6. The number of aromatic amines is 2. The average Bonchev–Trinajstić information content (AvgIpc) is 3.52. The van der Waals surface area contributed by atoms with Crippen LogP contribution in [0.4, 0.5) is 11.4 Å². The first-order chi connectivity index (χ1) is 15.7. The molecule has 2 heterocycles. The molecule has 2 aromatic heterocycles. The summed E-state index contributed by atoms with van der Waals surface area (Å²) < 4.78 is 0. The van der Waals surface area contributed by atoms with Crippen molar-refractivity contribution >= 4 is 46.7 Å². The van der Waals surface area contributed by atoms with Crippen LogP contribution in [0.3, 0.4) is 0 Å². The highest BCUT2D eigenvalue weighted by molar-refractivity contribution is 8.00. The van der Waals surface area contributed by atoms with Crippen molar-refractivity contribution in [3.63, 3.8) is 0 Å². The third-order valence-corrected chi connectivity index (χ3v) is 5.96. The maximum absolute atomic E-state index is 12.1. The number of carbonyl (C=O) groups excluding carboxylic acids is 2. The number of rotatable bonds is 9. The van der Waals surface area contributed by atoms with E-state index in [4.69, 9.17) is 0 Å². The third-order valence-electron chi connectivity index (χ3n) is 4.16. The smallest absolute Gasteiger partial charge is 0.234 e. The predicted octanol–water partition coefficient (Wildman–Crippen LogP) is 3.05. The fraction of sp³-hybridized carbons (Fsp3) is 0.100. The van der Waals surface area contributed by atoms with Gasteiger partial charge < -0.3 is 10.6 Å². The van der Waals surface area contributed by atoms with Crippen LogP contribution >= 0.6 is 23.5 Å². The SMILES string of the molecule is O=C(CSc1cn[nH]n1)Nc1ccc(-c2ccc(NC(=O)CSc3cn[nH]n3)cc2)cc1. The minimum atomic E-state index is -0.118. The van der Waals surface area contributed by atoms with Crippen LogP contribution in [0.15, 0.2) is 71.0 Å². The van der Waals surface area contributed by atoms with E-state index in [0.29, 0.717) is 21.4 Å². The fourth-order valence-corrected chi connectivity index (χ4v) is 3.85. The molecular formula is C20H18N8O2S2. The number of hydrogen-bond donors (Lipinski definition) is 4. The van der Waals surface area contributed by atoms with Crippen molar-refractivity contribution in [3.05, 3.63) is 60.9 Å². The molecule has 12 heteroatoms. The van der Waals surface area contributed by atoms with Crippen LogP contribution in [0.2, 0.25) is 0 Å². The Labute approximate surface area is 191 Å². The Morgan fingerprint density at radius 3 is 1.44 bits per heavy atom. The minimum Gasteiger partial charge on any atom is -0.325 e. The van der Waals surface area contributed by atoms with E-state index in [1.807, 2.05) is 48.5 Å². The van der Waals surface area contributed by atoms with Crippen molar-refractivity contribution in [2.75, 3.05) is 22.1 Å². The molecule has 2 amide bonds. The first-order valence-corrected chi connectivity index (χ1v) is 11.4. The molecular weight excluding hydrogens is 448 g/mol. The van der Waals surface area contributed by atoms with Gasteiger partial charge in [-0.3, -0.25) is 9.59 Å². The molecule has 0 saturated heterocycles. The van der Waals surface area contributed by atoms with Gasteiger partial charge in [0.25, 0.3) is 0 Å². The van der Waals surface area contributed by atoms with Crippen LogP contribution in [0.5, 0.6) is 0 Å². The number of thioether (sulfide) groups is 2. The zero-order valence-electron chi connectivity index (χ0n) is 16.6. The molecule has 0 atom stereocenters. The quantitative estimate of drug-likeness (QED) is 0.276. The molecule has 162 valence electrons. The Kier molecular flexibility index (Phi) is 7.15. The number of nitrogens with zero attached hydrogens (tertiary/aromatic N) is 4. The number of benzene rings is 2. The lowest BCUT2D eigenvalue weighted by molar-refractivity contribution is -0.114. The summed E-state index contributed by atoms with van der Waals surface area (Å²) in [5.41, 5.74) is 3.43. The van der Waals surface area contributed by atoms with Gasteiger partial charge >= 0.3 is 0 Å². The lowest BCUT2D eigenvalue weighted by atomic mass is 10.0. The van der Waals surface area contributed by atoms with Crippen molar-refractivity contribution < 1.29 is 9.59 Å². The summed E-state index contributed by atoms with van der Waals surface area (Å²) >= 11 is 2.61. The van der Waals surface area contributed by atoms with E-state index >= 15 is 0 Å². The molecule has 2 aromatic carbocycles. The summed E-state index contributed by atoms with van der Waals surface area (Å²) in [6.45, 7) is 0. The summed E-state index contributed by atoms with van der Waals surface area (Å²) in [5.74, 6) is 0.261. The van der Waals surface area contributed by atoms with Gasteiger partial charge in [-0.05, 0) is 35.4 Å². The van der Waals surface area contributed by atoms with Crippen LogP contribution in [0, 0.1) is 0 Å². The van der Waals surface area contributed by atoms with Gasteiger partial charge in [0.15, 0.2) is 0 Å². The summed E-state index contributed by atoms with van der Waals surface area (Å²) in [4.78, 5) is 24.1. The van der Waals surface area contributed by atoms with Crippen LogP contribution < -0.4 is 10.6 Å². The van der Waals surface area contributed by atoms with Crippen LogP contribution in [-0.2, 0) is 9.59 Å². The number of anilines is 2. The molecule has 0 unspecified atom stereocenters. The topological polar surface area (TPSA) is 141 Å². The zero-order chi connectivity index (χ0) is 22.2. The molecule has 0 aliphatic heterocycles. The lowest BCUT2D eigenvalue weighted by Gasteiger charge is -2.08. The third kappa shape index (κ3) is 6.18. The molecule has 4 aromatic rings. The highest BCUT2D eigenvalue weighted by Crippen LogP contribution is 2.24. The highest BCUT2D eigenvalue weighted by atomic mass is 32.2. The van der Waals surface area contributed by atoms with E-state index in [1.54, 1.807) is 12.4 Å². The van der Waals surface area contributed by atoms with Crippen molar-refractivity contribution in [1.29, 1.82) is 0 Å². The molecule has 0 spiro atoms. The predicted molar refractivity (Wildman–Crippen MR) is 123 cm³/mol. The number of amides is 2. The monoisotopic (exact) mass is 466 g/mol. The Morgan fingerprint density at radius 2 is 1.09 bits per heavy atom. The second-order valence-corrected chi connectivity index (χ2v) is 8.44. The average molecular weight is 467 g/mol. The van der Waals surface area contributed by atoms with Crippen molar-refractivity contribution in [2.45, 2.75) is 10.1 Å². The molecule has 0 aliphatic rings. The summed E-state index contributed by atoms with van der Waals surface area (Å²) in [6.07, 6.45) is 3.14. The molecule has 4 rings (SSSR count). The number of nitrogens with one attached hydrogen (secondary N) is 4. The molecule has 10 nitrogen and oxygen atoms in total.